The number of hydrogen-bond acceptors (Lipinski definition) is 4. The minimum absolute atomic E-state index is 0. The molecular formula is C20H41NaO4S. The standard InChI is InChI=1S/C20H42O4S.Na/c1-3-5-7-9-13-17-20(25(22,23)24)18-14-10-12-16-19(21)15-11-8-6-4-2;/h19-21H,3-18H2,1-2H3,(H,22,23,24);/q;+1/p-1. The van der Waals surface area contributed by atoms with Crippen molar-refractivity contribution in [2.75, 3.05) is 0 Å². The SMILES string of the molecule is CCCCCCCC(CCCCCC(O)CCCCCC)S(=O)(=O)[O-].[Na+]. The molecule has 0 heterocycles. The second-order valence-corrected chi connectivity index (χ2v) is 9.11. The number of rotatable bonds is 18. The normalized spacial score (nSPS) is 14.0. The monoisotopic (exact) mass is 400 g/mol. The molecule has 2 unspecified atom stereocenters. The average Bonchev–Trinajstić information content (AvgIpc) is 2.55. The second-order valence-electron chi connectivity index (χ2n) is 7.46. The topological polar surface area (TPSA) is 77.4 Å². The van der Waals surface area contributed by atoms with Crippen LogP contribution in [-0.2, 0) is 10.1 Å². The Morgan fingerprint density at radius 3 is 1.46 bits per heavy atom. The Hall–Kier alpha value is 0.870. The van der Waals surface area contributed by atoms with Crippen molar-refractivity contribution < 1.29 is 47.6 Å². The van der Waals surface area contributed by atoms with Gasteiger partial charge in [-0.25, -0.2) is 8.42 Å². The summed E-state index contributed by atoms with van der Waals surface area (Å²) >= 11 is 0. The minimum Gasteiger partial charge on any atom is -0.748 e. The molecular weight excluding hydrogens is 359 g/mol. The third-order valence-corrected chi connectivity index (χ3v) is 6.28. The van der Waals surface area contributed by atoms with Gasteiger partial charge in [0, 0.05) is 5.25 Å². The van der Waals surface area contributed by atoms with Crippen LogP contribution in [0.4, 0.5) is 0 Å². The van der Waals surface area contributed by atoms with Crippen molar-refractivity contribution in [1.29, 1.82) is 0 Å². The number of unbranched alkanes of at least 4 members (excludes halogenated alkanes) is 9. The van der Waals surface area contributed by atoms with E-state index in [-0.39, 0.29) is 35.7 Å². The molecule has 2 atom stereocenters. The van der Waals surface area contributed by atoms with Gasteiger partial charge in [0.05, 0.1) is 16.2 Å². The predicted molar refractivity (Wildman–Crippen MR) is 105 cm³/mol. The number of aliphatic hydroxyl groups excluding tert-OH is 1. The second kappa shape index (κ2) is 19.2. The summed E-state index contributed by atoms with van der Waals surface area (Å²) in [5.41, 5.74) is 0. The summed E-state index contributed by atoms with van der Waals surface area (Å²) in [6, 6.07) is 0. The molecule has 0 aromatic carbocycles. The van der Waals surface area contributed by atoms with Crippen LogP contribution in [0.1, 0.15) is 117 Å². The van der Waals surface area contributed by atoms with Crippen LogP contribution in [0.3, 0.4) is 0 Å². The van der Waals surface area contributed by atoms with Crippen LogP contribution >= 0.6 is 0 Å². The molecule has 0 fully saturated rings. The van der Waals surface area contributed by atoms with E-state index in [1.807, 2.05) is 0 Å². The minimum atomic E-state index is -4.18. The van der Waals surface area contributed by atoms with Gasteiger partial charge in [-0.1, -0.05) is 90.9 Å². The van der Waals surface area contributed by atoms with Gasteiger partial charge in [0.2, 0.25) is 0 Å². The van der Waals surface area contributed by atoms with Gasteiger partial charge < -0.3 is 9.66 Å². The fourth-order valence-electron chi connectivity index (χ4n) is 3.29. The molecule has 0 amide bonds. The Labute approximate surface area is 185 Å². The summed E-state index contributed by atoms with van der Waals surface area (Å²) in [5.74, 6) is 0. The molecule has 0 rings (SSSR count). The molecule has 0 aromatic rings. The van der Waals surface area contributed by atoms with Crippen molar-refractivity contribution in [3.63, 3.8) is 0 Å². The van der Waals surface area contributed by atoms with Gasteiger partial charge in [-0.15, -0.1) is 0 Å². The average molecular weight is 401 g/mol. The Bertz CT molecular complexity index is 387. The molecule has 6 heteroatoms. The van der Waals surface area contributed by atoms with Crippen LogP contribution in [0.2, 0.25) is 0 Å². The zero-order valence-corrected chi connectivity index (χ0v) is 20.4. The Kier molecular flexibility index (Phi) is 21.5. The summed E-state index contributed by atoms with van der Waals surface area (Å²) in [7, 11) is -4.18. The first-order valence-electron chi connectivity index (χ1n) is 10.5. The maximum atomic E-state index is 11.4. The Balaban J connectivity index is 0. The molecule has 0 aliphatic heterocycles. The predicted octanol–water partition coefficient (Wildman–Crippen LogP) is 2.55. The molecule has 0 aliphatic rings. The van der Waals surface area contributed by atoms with Crippen LogP contribution in [0.25, 0.3) is 0 Å². The van der Waals surface area contributed by atoms with E-state index in [0.717, 1.165) is 64.2 Å². The maximum absolute atomic E-state index is 11.4. The van der Waals surface area contributed by atoms with Crippen molar-refractivity contribution in [3.8, 4) is 0 Å². The van der Waals surface area contributed by atoms with Gasteiger partial charge in [0.25, 0.3) is 0 Å². The van der Waals surface area contributed by atoms with Crippen LogP contribution in [0.5, 0.6) is 0 Å². The summed E-state index contributed by atoms with van der Waals surface area (Å²) in [6.07, 6.45) is 15.0. The van der Waals surface area contributed by atoms with Crippen molar-refractivity contribution in [1.82, 2.24) is 0 Å². The molecule has 152 valence electrons. The molecule has 1 N–H and O–H groups in total. The van der Waals surface area contributed by atoms with E-state index in [1.54, 1.807) is 0 Å². The van der Waals surface area contributed by atoms with E-state index in [9.17, 15) is 18.1 Å². The van der Waals surface area contributed by atoms with E-state index in [4.69, 9.17) is 0 Å². The fourth-order valence-corrected chi connectivity index (χ4v) is 4.20. The van der Waals surface area contributed by atoms with Crippen molar-refractivity contribution in [2.24, 2.45) is 0 Å². The van der Waals surface area contributed by atoms with Crippen molar-refractivity contribution in [2.45, 2.75) is 128 Å². The van der Waals surface area contributed by atoms with Crippen LogP contribution in [-0.4, -0.2) is 29.4 Å². The fraction of sp³-hybridized carbons (Fsp3) is 1.00. The van der Waals surface area contributed by atoms with E-state index < -0.39 is 15.4 Å². The third kappa shape index (κ3) is 18.2. The molecule has 0 bridgehead atoms. The first-order chi connectivity index (χ1) is 11.9. The molecule has 0 saturated carbocycles. The van der Waals surface area contributed by atoms with Gasteiger partial charge in [-0.3, -0.25) is 0 Å². The van der Waals surface area contributed by atoms with E-state index in [2.05, 4.69) is 13.8 Å². The van der Waals surface area contributed by atoms with E-state index in [0.29, 0.717) is 12.8 Å². The Morgan fingerprint density at radius 2 is 1.04 bits per heavy atom. The van der Waals surface area contributed by atoms with Gasteiger partial charge in [0.1, 0.15) is 0 Å². The molecule has 0 aromatic heterocycles. The first kappa shape index (κ1) is 29.1. The van der Waals surface area contributed by atoms with Crippen LogP contribution in [0, 0.1) is 0 Å². The van der Waals surface area contributed by atoms with E-state index in [1.165, 1.54) is 25.7 Å². The smallest absolute Gasteiger partial charge is 0.748 e. The Morgan fingerprint density at radius 1 is 0.692 bits per heavy atom. The molecule has 0 spiro atoms. The van der Waals surface area contributed by atoms with Crippen LogP contribution in [0.15, 0.2) is 0 Å². The quantitative estimate of drug-likeness (QED) is 0.218. The zero-order valence-electron chi connectivity index (χ0n) is 17.5. The van der Waals surface area contributed by atoms with Gasteiger partial charge in [-0.2, -0.15) is 0 Å². The van der Waals surface area contributed by atoms with E-state index >= 15 is 0 Å². The summed E-state index contributed by atoms with van der Waals surface area (Å²) in [5, 5.41) is 9.21. The third-order valence-electron chi connectivity index (χ3n) is 4.99. The van der Waals surface area contributed by atoms with Gasteiger partial charge >= 0.3 is 29.6 Å². The van der Waals surface area contributed by atoms with Crippen LogP contribution < -0.4 is 29.6 Å². The number of hydrogen-bond donors (Lipinski definition) is 1. The molecule has 0 saturated heterocycles. The molecule has 26 heavy (non-hydrogen) atoms. The van der Waals surface area contributed by atoms with Crippen molar-refractivity contribution >= 4 is 10.1 Å². The zero-order chi connectivity index (χ0) is 19.0. The summed E-state index contributed by atoms with van der Waals surface area (Å²) in [6.45, 7) is 4.32. The number of aliphatic hydroxyl groups is 1. The summed E-state index contributed by atoms with van der Waals surface area (Å²) < 4.78 is 34.2. The molecule has 0 radical (unpaired) electrons. The molecule has 0 aliphatic carbocycles. The maximum Gasteiger partial charge on any atom is 1.00 e. The van der Waals surface area contributed by atoms with Gasteiger partial charge in [0.15, 0.2) is 0 Å². The summed E-state index contributed by atoms with van der Waals surface area (Å²) in [4.78, 5) is 0. The largest absolute Gasteiger partial charge is 1.00 e. The first-order valence-corrected chi connectivity index (χ1v) is 12.0. The van der Waals surface area contributed by atoms with Crippen molar-refractivity contribution in [3.05, 3.63) is 0 Å². The van der Waals surface area contributed by atoms with Gasteiger partial charge in [-0.05, 0) is 25.7 Å². The molecule has 4 nitrogen and oxygen atoms in total.